The summed E-state index contributed by atoms with van der Waals surface area (Å²) in [5, 5.41) is 1.77. The Morgan fingerprint density at radius 3 is 2.34 bits per heavy atom. The summed E-state index contributed by atoms with van der Waals surface area (Å²) in [5.41, 5.74) is 4.89. The van der Waals surface area contributed by atoms with Crippen molar-refractivity contribution in [1.29, 1.82) is 0 Å². The lowest BCUT2D eigenvalue weighted by Gasteiger charge is -2.28. The Hall–Kier alpha value is -2.41. The number of fused-ring (bicyclic) bond motifs is 1. The highest BCUT2D eigenvalue weighted by Crippen LogP contribution is 2.37. The number of rotatable bonds is 9. The van der Waals surface area contributed by atoms with E-state index in [1.807, 2.05) is 12.1 Å². The summed E-state index contributed by atoms with van der Waals surface area (Å²) in [6.45, 7) is 6.03. The third-order valence-electron chi connectivity index (χ3n) is 7.40. The zero-order valence-electron chi connectivity index (χ0n) is 19.6. The number of hydrogen-bond donors (Lipinski definition) is 0. The fraction of sp³-hybridized carbons (Fsp3) is 0.419. The summed E-state index contributed by atoms with van der Waals surface area (Å²) in [7, 11) is 0. The molecule has 0 nitrogen and oxygen atoms in total. The molecular formula is C31H37F. The second-order valence-corrected chi connectivity index (χ2v) is 9.67. The third-order valence-corrected chi connectivity index (χ3v) is 7.40. The average Bonchev–Trinajstić information content (AvgIpc) is 2.83. The standard InChI is InChI=1S/C31H37F/c1-3-5-7-23-8-14-26(15-9-23)27-16-10-24(11-17-27)12-18-28-19-20-29-22-25(6-4-2)13-21-30(29)31(28)32/h3,10-11,13,16-17,19-23,26H,1,4-9,12,14-15,18H2,2H3. The average molecular weight is 429 g/mol. The molecule has 3 aromatic rings. The van der Waals surface area contributed by atoms with Crippen LogP contribution in [0, 0.1) is 11.7 Å². The Bertz CT molecular complexity index is 1020. The SMILES string of the molecule is C=CCCC1CCC(c2ccc(CCc3ccc4cc(CCC)ccc4c3F)cc2)CC1. The largest absolute Gasteiger partial charge is 0.206 e. The van der Waals surface area contributed by atoms with Gasteiger partial charge < -0.3 is 0 Å². The molecule has 0 spiro atoms. The van der Waals surface area contributed by atoms with E-state index in [4.69, 9.17) is 0 Å². The van der Waals surface area contributed by atoms with E-state index in [0.29, 0.717) is 5.92 Å². The van der Waals surface area contributed by atoms with Crippen LogP contribution in [-0.2, 0) is 19.3 Å². The van der Waals surface area contributed by atoms with E-state index in [0.717, 1.165) is 54.4 Å². The predicted molar refractivity (Wildman–Crippen MR) is 136 cm³/mol. The van der Waals surface area contributed by atoms with Crippen LogP contribution in [0.25, 0.3) is 10.8 Å². The molecule has 0 unspecified atom stereocenters. The van der Waals surface area contributed by atoms with Gasteiger partial charge in [-0.25, -0.2) is 4.39 Å². The van der Waals surface area contributed by atoms with Crippen molar-refractivity contribution in [3.63, 3.8) is 0 Å². The van der Waals surface area contributed by atoms with Gasteiger partial charge in [0, 0.05) is 5.39 Å². The summed E-state index contributed by atoms with van der Waals surface area (Å²) in [5.74, 6) is 1.55. The molecule has 1 aliphatic carbocycles. The van der Waals surface area contributed by atoms with Crippen molar-refractivity contribution in [3.05, 3.63) is 95.3 Å². The second-order valence-electron chi connectivity index (χ2n) is 9.67. The molecular weight excluding hydrogens is 391 g/mol. The Labute approximate surface area is 193 Å². The molecule has 0 atom stereocenters. The molecule has 1 saturated carbocycles. The maximum atomic E-state index is 15.1. The van der Waals surface area contributed by atoms with Crippen LogP contribution in [-0.4, -0.2) is 0 Å². The minimum absolute atomic E-state index is 0.0459. The van der Waals surface area contributed by atoms with Gasteiger partial charge in [-0.05, 0) is 97.3 Å². The molecule has 0 aromatic heterocycles. The Morgan fingerprint density at radius 2 is 1.62 bits per heavy atom. The first-order valence-corrected chi connectivity index (χ1v) is 12.6. The van der Waals surface area contributed by atoms with E-state index in [9.17, 15) is 0 Å². The van der Waals surface area contributed by atoms with E-state index in [1.165, 1.54) is 48.8 Å². The van der Waals surface area contributed by atoms with Gasteiger partial charge in [0.15, 0.2) is 0 Å². The van der Waals surface area contributed by atoms with E-state index in [1.54, 1.807) is 0 Å². The smallest absolute Gasteiger partial charge is 0.134 e. The molecule has 4 rings (SSSR count). The van der Waals surface area contributed by atoms with Gasteiger partial charge >= 0.3 is 0 Å². The van der Waals surface area contributed by atoms with Crippen molar-refractivity contribution >= 4 is 10.8 Å². The maximum absolute atomic E-state index is 15.1. The van der Waals surface area contributed by atoms with Gasteiger partial charge in [-0.1, -0.05) is 74.0 Å². The van der Waals surface area contributed by atoms with Gasteiger partial charge in [0.1, 0.15) is 5.82 Å². The summed E-state index contributed by atoms with van der Waals surface area (Å²) in [6.07, 6.45) is 13.6. The molecule has 0 amide bonds. The molecule has 1 heteroatoms. The number of benzene rings is 3. The molecule has 0 bridgehead atoms. The van der Waals surface area contributed by atoms with Gasteiger partial charge in [-0.3, -0.25) is 0 Å². The first-order chi connectivity index (χ1) is 15.7. The van der Waals surface area contributed by atoms with Crippen LogP contribution in [0.15, 0.2) is 67.3 Å². The Kier molecular flexibility index (Phi) is 7.79. The van der Waals surface area contributed by atoms with Crippen LogP contribution in [0.5, 0.6) is 0 Å². The maximum Gasteiger partial charge on any atom is 0.134 e. The normalized spacial score (nSPS) is 18.7. The van der Waals surface area contributed by atoms with E-state index in [-0.39, 0.29) is 5.82 Å². The number of aryl methyl sites for hydroxylation is 3. The minimum atomic E-state index is -0.0459. The van der Waals surface area contributed by atoms with Gasteiger partial charge in [0.2, 0.25) is 0 Å². The molecule has 32 heavy (non-hydrogen) atoms. The second kappa shape index (κ2) is 10.9. The van der Waals surface area contributed by atoms with Crippen LogP contribution >= 0.6 is 0 Å². The zero-order chi connectivity index (χ0) is 22.3. The fourth-order valence-corrected chi connectivity index (χ4v) is 5.40. The van der Waals surface area contributed by atoms with Crippen molar-refractivity contribution in [3.8, 4) is 0 Å². The number of halogens is 1. The van der Waals surface area contributed by atoms with E-state index < -0.39 is 0 Å². The molecule has 168 valence electrons. The van der Waals surface area contributed by atoms with Crippen molar-refractivity contribution < 1.29 is 4.39 Å². The van der Waals surface area contributed by atoms with Gasteiger partial charge in [0.25, 0.3) is 0 Å². The lowest BCUT2D eigenvalue weighted by Crippen LogP contribution is -2.13. The van der Waals surface area contributed by atoms with Crippen LogP contribution in [0.2, 0.25) is 0 Å². The quantitative estimate of drug-likeness (QED) is 0.298. The summed E-state index contributed by atoms with van der Waals surface area (Å²) in [4.78, 5) is 0. The number of allylic oxidation sites excluding steroid dienone is 1. The summed E-state index contributed by atoms with van der Waals surface area (Å²) in [6, 6.07) is 19.4. The third kappa shape index (κ3) is 5.49. The number of hydrogen-bond acceptors (Lipinski definition) is 0. The molecule has 0 radical (unpaired) electrons. The molecule has 1 aliphatic rings. The Balaban J connectivity index is 1.35. The van der Waals surface area contributed by atoms with Crippen molar-refractivity contribution in [2.75, 3.05) is 0 Å². The molecule has 0 heterocycles. The van der Waals surface area contributed by atoms with E-state index in [2.05, 4.69) is 62.0 Å². The highest BCUT2D eigenvalue weighted by atomic mass is 19.1. The van der Waals surface area contributed by atoms with Gasteiger partial charge in [-0.15, -0.1) is 6.58 Å². The first kappa shape index (κ1) is 22.8. The highest BCUT2D eigenvalue weighted by molar-refractivity contribution is 5.84. The monoisotopic (exact) mass is 428 g/mol. The van der Waals surface area contributed by atoms with Crippen molar-refractivity contribution in [2.24, 2.45) is 5.92 Å². The fourth-order valence-electron chi connectivity index (χ4n) is 5.40. The van der Waals surface area contributed by atoms with Crippen molar-refractivity contribution in [1.82, 2.24) is 0 Å². The lowest BCUT2D eigenvalue weighted by molar-refractivity contribution is 0.312. The first-order valence-electron chi connectivity index (χ1n) is 12.6. The molecule has 0 saturated heterocycles. The van der Waals surface area contributed by atoms with Crippen LogP contribution in [0.3, 0.4) is 0 Å². The van der Waals surface area contributed by atoms with Gasteiger partial charge in [0.05, 0.1) is 0 Å². The minimum Gasteiger partial charge on any atom is -0.206 e. The lowest BCUT2D eigenvalue weighted by atomic mass is 9.77. The molecule has 1 fully saturated rings. The molecule has 0 aliphatic heterocycles. The van der Waals surface area contributed by atoms with Crippen LogP contribution < -0.4 is 0 Å². The zero-order valence-corrected chi connectivity index (χ0v) is 19.6. The summed E-state index contributed by atoms with van der Waals surface area (Å²) >= 11 is 0. The van der Waals surface area contributed by atoms with E-state index >= 15 is 4.39 Å². The molecule has 0 N–H and O–H groups in total. The van der Waals surface area contributed by atoms with Crippen LogP contribution in [0.4, 0.5) is 4.39 Å². The summed E-state index contributed by atoms with van der Waals surface area (Å²) < 4.78 is 15.1. The molecule has 3 aromatic carbocycles. The van der Waals surface area contributed by atoms with Crippen molar-refractivity contribution in [2.45, 2.75) is 77.0 Å². The highest BCUT2D eigenvalue weighted by Gasteiger charge is 2.21. The van der Waals surface area contributed by atoms with Gasteiger partial charge in [-0.2, -0.15) is 0 Å². The topological polar surface area (TPSA) is 0 Å². The Morgan fingerprint density at radius 1 is 0.875 bits per heavy atom. The predicted octanol–water partition coefficient (Wildman–Crippen LogP) is 8.96. The van der Waals surface area contributed by atoms with Crippen LogP contribution in [0.1, 0.15) is 80.0 Å².